The summed E-state index contributed by atoms with van der Waals surface area (Å²) >= 11 is 6.17. The number of halogens is 1. The van der Waals surface area contributed by atoms with E-state index in [1.807, 2.05) is 49.9 Å². The normalized spacial score (nSPS) is 26.7. The number of ether oxygens (including phenoxy) is 3. The predicted octanol–water partition coefficient (Wildman–Crippen LogP) is 5.45. The molecular weight excluding hydrogens is 532 g/mol. The van der Waals surface area contributed by atoms with Crippen LogP contribution in [0, 0.1) is 16.7 Å². The topological polar surface area (TPSA) is 95.3 Å². The van der Waals surface area contributed by atoms with Crippen LogP contribution < -0.4 is 14.4 Å². The zero-order valence-electron chi connectivity index (χ0n) is 22.9. The second-order valence-electron chi connectivity index (χ2n) is 12.0. The molecule has 2 aliphatic carbocycles. The lowest BCUT2D eigenvalue weighted by Gasteiger charge is -2.77. The van der Waals surface area contributed by atoms with Gasteiger partial charge in [0.15, 0.2) is 0 Å². The molecule has 4 aliphatic rings. The molecule has 2 amide bonds. The van der Waals surface area contributed by atoms with E-state index < -0.39 is 5.60 Å². The van der Waals surface area contributed by atoms with Crippen molar-refractivity contribution < 1.29 is 23.8 Å². The molecule has 2 aromatic carbocycles. The van der Waals surface area contributed by atoms with Gasteiger partial charge in [0.05, 0.1) is 16.6 Å². The van der Waals surface area contributed by atoms with Crippen molar-refractivity contribution in [2.75, 3.05) is 31.1 Å². The van der Waals surface area contributed by atoms with E-state index in [0.717, 1.165) is 24.9 Å². The molecule has 9 nitrogen and oxygen atoms in total. The van der Waals surface area contributed by atoms with Crippen LogP contribution >= 0.6 is 11.6 Å². The van der Waals surface area contributed by atoms with Crippen LogP contribution in [0.3, 0.4) is 0 Å². The minimum Gasteiger partial charge on any atom is -0.490 e. The molecule has 210 valence electrons. The van der Waals surface area contributed by atoms with E-state index in [1.165, 1.54) is 0 Å². The fourth-order valence-electron chi connectivity index (χ4n) is 6.56. The molecule has 2 aliphatic heterocycles. The van der Waals surface area contributed by atoms with Gasteiger partial charge in [-0.2, -0.15) is 5.26 Å². The molecule has 2 saturated heterocycles. The number of nitriles is 1. The van der Waals surface area contributed by atoms with E-state index in [-0.39, 0.29) is 35.8 Å². The Kier molecular flexibility index (Phi) is 6.49. The smallest absolute Gasteiger partial charge is 0.415 e. The summed E-state index contributed by atoms with van der Waals surface area (Å²) in [4.78, 5) is 31.2. The number of piperazine rings is 1. The molecule has 1 spiro atoms. The van der Waals surface area contributed by atoms with Gasteiger partial charge in [0.25, 0.3) is 0 Å². The first-order valence-electron chi connectivity index (χ1n) is 13.8. The van der Waals surface area contributed by atoms with E-state index in [1.54, 1.807) is 23.1 Å². The summed E-state index contributed by atoms with van der Waals surface area (Å²) in [6.07, 6.45) is 2.14. The van der Waals surface area contributed by atoms with Crippen LogP contribution in [0.25, 0.3) is 0 Å². The first kappa shape index (κ1) is 26.6. The van der Waals surface area contributed by atoms with Gasteiger partial charge in [0.1, 0.15) is 29.3 Å². The van der Waals surface area contributed by atoms with Gasteiger partial charge in [0.2, 0.25) is 0 Å². The van der Waals surface area contributed by atoms with Crippen molar-refractivity contribution in [3.63, 3.8) is 0 Å². The summed E-state index contributed by atoms with van der Waals surface area (Å²) in [5, 5.41) is 9.47. The first-order chi connectivity index (χ1) is 19.1. The molecule has 4 atom stereocenters. The number of carbonyl (C=O) groups excluding carboxylic acids is 2. The number of amides is 2. The zero-order valence-corrected chi connectivity index (χ0v) is 23.7. The molecule has 40 heavy (non-hydrogen) atoms. The third-order valence-electron chi connectivity index (χ3n) is 8.69. The number of carbonyl (C=O) groups is 2. The maximum absolute atomic E-state index is 13.1. The number of benzene rings is 2. The Hall–Kier alpha value is -3.64. The lowest BCUT2D eigenvalue weighted by atomic mass is 9.41. The average molecular weight is 565 g/mol. The predicted molar refractivity (Wildman–Crippen MR) is 149 cm³/mol. The Morgan fingerprint density at radius 2 is 1.70 bits per heavy atom. The highest BCUT2D eigenvalue weighted by Crippen LogP contribution is 2.68. The van der Waals surface area contributed by atoms with E-state index in [0.29, 0.717) is 48.3 Å². The summed E-state index contributed by atoms with van der Waals surface area (Å²) in [5.41, 5.74) is 0.927. The Balaban J connectivity index is 1.00. The number of hydrogen-bond donors (Lipinski definition) is 0. The lowest BCUT2D eigenvalue weighted by Crippen LogP contribution is -2.88. The number of anilines is 1. The van der Waals surface area contributed by atoms with Crippen LogP contribution in [0.4, 0.5) is 15.3 Å². The molecule has 0 aromatic heterocycles. The Morgan fingerprint density at radius 1 is 1.00 bits per heavy atom. The molecule has 2 heterocycles. The van der Waals surface area contributed by atoms with Gasteiger partial charge in [-0.15, -0.1) is 0 Å². The van der Waals surface area contributed by atoms with Crippen LogP contribution in [-0.4, -0.2) is 72.0 Å². The number of rotatable bonds is 4. The SMILES string of the molecule is CC(C)(C)OC(=O)N1CCN(c2ccc(OC(=O)N3C4CCC45C(Oc4ccc(C#N)c(Cl)c4)CC35)cc2)CC1. The van der Waals surface area contributed by atoms with Gasteiger partial charge in [-0.3, -0.25) is 0 Å². The third kappa shape index (κ3) is 4.48. The molecule has 0 bridgehead atoms. The lowest BCUT2D eigenvalue weighted by molar-refractivity contribution is -0.295. The van der Waals surface area contributed by atoms with Gasteiger partial charge in [-0.05, 0) is 70.0 Å². The molecule has 0 N–H and O–H groups in total. The van der Waals surface area contributed by atoms with Gasteiger partial charge in [-0.1, -0.05) is 11.6 Å². The molecule has 2 saturated carbocycles. The van der Waals surface area contributed by atoms with Gasteiger partial charge >= 0.3 is 12.2 Å². The number of nitrogens with zero attached hydrogens (tertiary/aromatic N) is 4. The summed E-state index contributed by atoms with van der Waals surface area (Å²) in [5.74, 6) is 1.16. The van der Waals surface area contributed by atoms with Crippen molar-refractivity contribution in [1.29, 1.82) is 5.26 Å². The fraction of sp³-hybridized carbons (Fsp3) is 0.500. The van der Waals surface area contributed by atoms with Gasteiger partial charge in [-0.25, -0.2) is 9.59 Å². The Labute approximate surface area is 239 Å². The number of hydrogen-bond acceptors (Lipinski definition) is 7. The molecule has 4 unspecified atom stereocenters. The maximum atomic E-state index is 13.1. The van der Waals surface area contributed by atoms with E-state index in [4.69, 9.17) is 31.1 Å². The van der Waals surface area contributed by atoms with Gasteiger partial charge in [0, 0.05) is 55.8 Å². The third-order valence-corrected chi connectivity index (χ3v) is 9.00. The number of piperidine rings is 2. The van der Waals surface area contributed by atoms with Crippen molar-refractivity contribution in [3.05, 3.63) is 53.1 Å². The zero-order chi connectivity index (χ0) is 28.2. The van der Waals surface area contributed by atoms with E-state index in [9.17, 15) is 9.59 Å². The quantitative estimate of drug-likeness (QED) is 0.487. The molecule has 6 rings (SSSR count). The van der Waals surface area contributed by atoms with Gasteiger partial charge < -0.3 is 28.9 Å². The maximum Gasteiger partial charge on any atom is 0.415 e. The van der Waals surface area contributed by atoms with Crippen molar-refractivity contribution in [2.24, 2.45) is 5.41 Å². The second-order valence-corrected chi connectivity index (χ2v) is 12.4. The fourth-order valence-corrected chi connectivity index (χ4v) is 6.77. The van der Waals surface area contributed by atoms with Crippen molar-refractivity contribution in [1.82, 2.24) is 9.80 Å². The minimum atomic E-state index is -0.507. The van der Waals surface area contributed by atoms with Crippen LogP contribution in [0.15, 0.2) is 42.5 Å². The first-order valence-corrected chi connectivity index (χ1v) is 14.2. The van der Waals surface area contributed by atoms with Crippen molar-refractivity contribution >= 4 is 29.5 Å². The highest BCUT2D eigenvalue weighted by Gasteiger charge is 2.78. The minimum absolute atomic E-state index is 0.00922. The molecule has 2 aromatic rings. The summed E-state index contributed by atoms with van der Waals surface area (Å²) < 4.78 is 17.5. The number of likely N-dealkylation sites (tertiary alicyclic amines) is 1. The van der Waals surface area contributed by atoms with Crippen LogP contribution in [0.5, 0.6) is 11.5 Å². The average Bonchev–Trinajstić information content (AvgIpc) is 2.88. The second kappa shape index (κ2) is 9.77. The molecular formula is C30H33ClN4O5. The molecule has 0 radical (unpaired) electrons. The summed E-state index contributed by atoms with van der Waals surface area (Å²) in [6, 6.07) is 15.0. The largest absolute Gasteiger partial charge is 0.490 e. The molecule has 4 fully saturated rings. The van der Waals surface area contributed by atoms with Crippen molar-refractivity contribution in [2.45, 2.75) is 63.8 Å². The van der Waals surface area contributed by atoms with E-state index in [2.05, 4.69) is 11.0 Å². The highest BCUT2D eigenvalue weighted by molar-refractivity contribution is 6.31. The van der Waals surface area contributed by atoms with Crippen LogP contribution in [-0.2, 0) is 4.74 Å². The summed E-state index contributed by atoms with van der Waals surface area (Å²) in [6.45, 7) is 8.20. The van der Waals surface area contributed by atoms with Crippen LogP contribution in [0.2, 0.25) is 5.02 Å². The molecule has 10 heteroatoms. The Morgan fingerprint density at radius 3 is 2.27 bits per heavy atom. The Bertz CT molecular complexity index is 1350. The highest BCUT2D eigenvalue weighted by atomic mass is 35.5. The monoisotopic (exact) mass is 564 g/mol. The van der Waals surface area contributed by atoms with E-state index >= 15 is 0 Å². The van der Waals surface area contributed by atoms with Crippen molar-refractivity contribution in [3.8, 4) is 17.6 Å². The standard InChI is InChI=1S/C30H33ClN4O5/c1-29(2,3)40-27(36)34-14-12-33(13-15-34)20-5-8-21(9-6-20)39-28(37)35-24-10-11-30(24)25(35)17-26(30)38-22-7-4-19(18-32)23(31)16-22/h4-9,16,24-26H,10-15,17H2,1-3H3. The van der Waals surface area contributed by atoms with Crippen LogP contribution in [0.1, 0.15) is 45.6 Å². The summed E-state index contributed by atoms with van der Waals surface area (Å²) in [7, 11) is 0.